The van der Waals surface area contributed by atoms with Gasteiger partial charge in [0.2, 0.25) is 0 Å². The highest BCUT2D eigenvalue weighted by molar-refractivity contribution is 4.92. The van der Waals surface area contributed by atoms with E-state index in [4.69, 9.17) is 24.0 Å². The maximum Gasteiger partial charge on any atom is 0.370 e. The van der Waals surface area contributed by atoms with Crippen LogP contribution in [0.4, 0.5) is 0 Å². The minimum absolute atomic E-state index is 0.159. The molecule has 1 heterocycles. The molecule has 0 spiro atoms. The van der Waals surface area contributed by atoms with Crippen LogP contribution in [0.1, 0.15) is 0 Å². The second-order valence-corrected chi connectivity index (χ2v) is 1.97. The maximum absolute atomic E-state index is 5.01. The SMILES string of the molecule is COC1=C(OC)N(OC)N(OC)O1. The van der Waals surface area contributed by atoms with E-state index in [0.29, 0.717) is 0 Å². The third-order valence-electron chi connectivity index (χ3n) is 1.37. The molecule has 0 aliphatic carbocycles. The average Bonchev–Trinajstić information content (AvgIpc) is 2.54. The third kappa shape index (κ3) is 1.62. The van der Waals surface area contributed by atoms with Gasteiger partial charge in [0.15, 0.2) is 0 Å². The van der Waals surface area contributed by atoms with Crippen molar-refractivity contribution in [2.45, 2.75) is 0 Å². The fraction of sp³-hybridized carbons (Fsp3) is 0.667. The van der Waals surface area contributed by atoms with Gasteiger partial charge in [-0.05, 0) is 0 Å². The molecule has 0 unspecified atom stereocenters. The van der Waals surface area contributed by atoms with E-state index < -0.39 is 0 Å². The molecule has 7 nitrogen and oxygen atoms in total. The molecule has 0 aromatic carbocycles. The minimum Gasteiger partial charge on any atom is -0.475 e. The van der Waals surface area contributed by atoms with Crippen LogP contribution >= 0.6 is 0 Å². The first-order valence-corrected chi connectivity index (χ1v) is 3.47. The van der Waals surface area contributed by atoms with Crippen LogP contribution in [0.15, 0.2) is 11.8 Å². The molecule has 0 amide bonds. The van der Waals surface area contributed by atoms with Crippen LogP contribution in [0.2, 0.25) is 0 Å². The number of hydrogen-bond donors (Lipinski definition) is 0. The van der Waals surface area contributed by atoms with E-state index >= 15 is 0 Å². The number of nitrogens with zero attached hydrogens (tertiary/aromatic N) is 2. The summed E-state index contributed by atoms with van der Waals surface area (Å²) >= 11 is 0. The molecular formula is C6H12N2O5. The van der Waals surface area contributed by atoms with Gasteiger partial charge in [0, 0.05) is 0 Å². The first-order chi connectivity index (χ1) is 6.28. The van der Waals surface area contributed by atoms with Crippen molar-refractivity contribution in [2.24, 2.45) is 0 Å². The van der Waals surface area contributed by atoms with Crippen molar-refractivity contribution in [3.8, 4) is 0 Å². The first kappa shape index (κ1) is 9.90. The van der Waals surface area contributed by atoms with Crippen molar-refractivity contribution in [3.63, 3.8) is 0 Å². The Kier molecular flexibility index (Phi) is 3.18. The monoisotopic (exact) mass is 192 g/mol. The molecular weight excluding hydrogens is 180 g/mol. The van der Waals surface area contributed by atoms with Gasteiger partial charge in [0.25, 0.3) is 0 Å². The van der Waals surface area contributed by atoms with Crippen molar-refractivity contribution in [1.29, 1.82) is 0 Å². The molecule has 1 aliphatic rings. The van der Waals surface area contributed by atoms with Gasteiger partial charge in [-0.3, -0.25) is 4.84 Å². The lowest BCUT2D eigenvalue weighted by molar-refractivity contribution is -0.488. The largest absolute Gasteiger partial charge is 0.475 e. The van der Waals surface area contributed by atoms with E-state index in [2.05, 4.69) is 0 Å². The highest BCUT2D eigenvalue weighted by atomic mass is 17.1. The molecule has 0 bridgehead atoms. The zero-order valence-electron chi connectivity index (χ0n) is 7.94. The van der Waals surface area contributed by atoms with E-state index in [1.165, 1.54) is 28.4 Å². The maximum atomic E-state index is 5.01. The van der Waals surface area contributed by atoms with Crippen LogP contribution in [0.5, 0.6) is 0 Å². The highest BCUT2D eigenvalue weighted by Gasteiger charge is 2.36. The smallest absolute Gasteiger partial charge is 0.370 e. The van der Waals surface area contributed by atoms with Crippen LogP contribution in [0.25, 0.3) is 0 Å². The van der Waals surface area contributed by atoms with Gasteiger partial charge in [0.1, 0.15) is 5.34 Å². The van der Waals surface area contributed by atoms with Crippen molar-refractivity contribution in [1.82, 2.24) is 10.5 Å². The van der Waals surface area contributed by atoms with Crippen LogP contribution in [-0.4, -0.2) is 38.9 Å². The summed E-state index contributed by atoms with van der Waals surface area (Å²) in [5.41, 5.74) is 0. The normalized spacial score (nSPS) is 17.7. The molecule has 0 aromatic rings. The molecule has 0 aromatic heterocycles. The van der Waals surface area contributed by atoms with E-state index in [-0.39, 0.29) is 11.8 Å². The van der Waals surface area contributed by atoms with Crippen LogP contribution < -0.4 is 0 Å². The summed E-state index contributed by atoms with van der Waals surface area (Å²) in [4.78, 5) is 14.7. The lowest BCUT2D eigenvalue weighted by Crippen LogP contribution is -2.35. The molecule has 1 aliphatic heterocycles. The van der Waals surface area contributed by atoms with Crippen molar-refractivity contribution < 1.29 is 24.0 Å². The lowest BCUT2D eigenvalue weighted by Gasteiger charge is -2.20. The molecule has 0 saturated carbocycles. The molecule has 0 radical (unpaired) electrons. The quantitative estimate of drug-likeness (QED) is 0.621. The summed E-state index contributed by atoms with van der Waals surface area (Å²) in [5, 5.41) is 2.12. The number of hydroxylamine groups is 1. The fourth-order valence-corrected chi connectivity index (χ4v) is 0.846. The topological polar surface area (TPSA) is 52.6 Å². The second kappa shape index (κ2) is 4.17. The van der Waals surface area contributed by atoms with Gasteiger partial charge in [-0.2, -0.15) is 0 Å². The summed E-state index contributed by atoms with van der Waals surface area (Å²) in [6.45, 7) is 0. The molecule has 1 rings (SSSR count). The first-order valence-electron chi connectivity index (χ1n) is 3.47. The summed E-state index contributed by atoms with van der Waals surface area (Å²) in [6, 6.07) is 0. The Labute approximate surface area is 75.8 Å². The average molecular weight is 192 g/mol. The van der Waals surface area contributed by atoms with Gasteiger partial charge < -0.3 is 14.3 Å². The Morgan fingerprint density at radius 3 is 2.08 bits per heavy atom. The highest BCUT2D eigenvalue weighted by Crippen LogP contribution is 2.25. The molecule has 0 atom stereocenters. The third-order valence-corrected chi connectivity index (χ3v) is 1.37. The van der Waals surface area contributed by atoms with Crippen molar-refractivity contribution in [3.05, 3.63) is 11.8 Å². The van der Waals surface area contributed by atoms with Gasteiger partial charge in [0.05, 0.1) is 28.4 Å². The molecule has 0 fully saturated rings. The van der Waals surface area contributed by atoms with E-state index in [1.807, 2.05) is 0 Å². The molecule has 0 saturated heterocycles. The van der Waals surface area contributed by atoms with Crippen molar-refractivity contribution >= 4 is 0 Å². The summed E-state index contributed by atoms with van der Waals surface area (Å²) < 4.78 is 9.83. The van der Waals surface area contributed by atoms with E-state index in [1.54, 1.807) is 0 Å². The van der Waals surface area contributed by atoms with E-state index in [9.17, 15) is 0 Å². The number of hydrazine groups is 1. The molecule has 13 heavy (non-hydrogen) atoms. The Bertz CT molecular complexity index is 207. The predicted octanol–water partition coefficient (Wildman–Crippen LogP) is -0.00720. The summed E-state index contributed by atoms with van der Waals surface area (Å²) in [6.07, 6.45) is 0. The van der Waals surface area contributed by atoms with E-state index in [0.717, 1.165) is 10.5 Å². The van der Waals surface area contributed by atoms with Gasteiger partial charge in [-0.15, -0.1) is 0 Å². The second-order valence-electron chi connectivity index (χ2n) is 1.97. The van der Waals surface area contributed by atoms with Crippen LogP contribution in [0, 0.1) is 0 Å². The lowest BCUT2D eigenvalue weighted by atomic mass is 10.8. The number of methoxy groups -OCH3 is 2. The van der Waals surface area contributed by atoms with Crippen LogP contribution in [-0.2, 0) is 24.0 Å². The molecule has 76 valence electrons. The molecule has 0 N–H and O–H groups in total. The number of rotatable bonds is 4. The van der Waals surface area contributed by atoms with Crippen LogP contribution in [0.3, 0.4) is 0 Å². The Morgan fingerprint density at radius 2 is 1.69 bits per heavy atom. The number of ether oxygens (including phenoxy) is 2. The van der Waals surface area contributed by atoms with Gasteiger partial charge >= 0.3 is 11.8 Å². The van der Waals surface area contributed by atoms with Gasteiger partial charge in [-0.1, -0.05) is 5.17 Å². The number of hydrogen-bond acceptors (Lipinski definition) is 7. The standard InChI is InChI=1S/C6H12N2O5/c1-9-5-6(10-2)13-8(12-4)7(5)11-3/h1-4H3. The Balaban J connectivity index is 2.80. The van der Waals surface area contributed by atoms with Crippen molar-refractivity contribution in [2.75, 3.05) is 28.4 Å². The zero-order valence-corrected chi connectivity index (χ0v) is 7.94. The van der Waals surface area contributed by atoms with Gasteiger partial charge in [-0.25, -0.2) is 4.84 Å². The minimum atomic E-state index is 0.159. The Morgan fingerprint density at radius 1 is 1.00 bits per heavy atom. The molecule has 7 heteroatoms. The zero-order chi connectivity index (χ0) is 9.84. The predicted molar refractivity (Wildman–Crippen MR) is 39.8 cm³/mol. The summed E-state index contributed by atoms with van der Waals surface area (Å²) in [7, 11) is 5.76. The fourth-order valence-electron chi connectivity index (χ4n) is 0.846. The Hall–Kier alpha value is -1.18. The summed E-state index contributed by atoms with van der Waals surface area (Å²) in [5.74, 6) is 0.429.